The van der Waals surface area contributed by atoms with Gasteiger partial charge in [0.25, 0.3) is 0 Å². The van der Waals surface area contributed by atoms with Crippen LogP contribution in [0.25, 0.3) is 0 Å². The molecule has 1 rings (SSSR count). The van der Waals surface area contributed by atoms with Gasteiger partial charge in [0.1, 0.15) is 5.82 Å². The summed E-state index contributed by atoms with van der Waals surface area (Å²) in [7, 11) is 0. The maximum atomic E-state index is 5.86. The van der Waals surface area contributed by atoms with Crippen LogP contribution in [0.1, 0.15) is 31.0 Å². The van der Waals surface area contributed by atoms with Crippen LogP contribution in [0.4, 0.5) is 5.82 Å². The maximum absolute atomic E-state index is 5.86. The van der Waals surface area contributed by atoms with Crippen molar-refractivity contribution >= 4 is 17.6 Å². The average Bonchev–Trinajstić information content (AvgIpc) is 2.23. The van der Waals surface area contributed by atoms with Crippen molar-refractivity contribution in [2.75, 3.05) is 11.5 Å². The highest BCUT2D eigenvalue weighted by Crippen LogP contribution is 2.24. The number of aryl methyl sites for hydroxylation is 1. The maximum Gasteiger partial charge on any atom is 0.128 e. The normalized spacial score (nSPS) is 13.1. The molecule has 0 aliphatic carbocycles. The first-order valence-corrected chi connectivity index (χ1v) is 6.39. The van der Waals surface area contributed by atoms with Crippen LogP contribution in [0, 0.1) is 6.92 Å². The number of nitrogen functional groups attached to an aromatic ring is 1. The minimum Gasteiger partial charge on any atom is -0.383 e. The van der Waals surface area contributed by atoms with Crippen LogP contribution in [0.15, 0.2) is 12.3 Å². The molecule has 1 unspecified atom stereocenters. The molecule has 1 aromatic heterocycles. The Morgan fingerprint density at radius 3 is 2.75 bits per heavy atom. The van der Waals surface area contributed by atoms with E-state index in [4.69, 9.17) is 11.6 Å². The number of nitrogens with one attached hydrogen (secondary N) is 1. The fourth-order valence-electron chi connectivity index (χ4n) is 1.40. The van der Waals surface area contributed by atoms with Crippen molar-refractivity contribution in [3.8, 4) is 0 Å². The van der Waals surface area contributed by atoms with Crippen LogP contribution in [-0.4, -0.2) is 16.0 Å². The van der Waals surface area contributed by atoms with Crippen molar-refractivity contribution in [1.82, 2.24) is 10.4 Å². The number of thioether (sulfide) groups is 1. The molecule has 5 N–H and O–H groups in total. The number of aromatic nitrogens is 1. The predicted octanol–water partition coefficient (Wildman–Crippen LogP) is 1.62. The molecule has 4 nitrogen and oxygen atoms in total. The molecule has 90 valence electrons. The third-order valence-corrected chi connectivity index (χ3v) is 3.45. The summed E-state index contributed by atoms with van der Waals surface area (Å²) in [5, 5.41) is 0.579. The number of hydrogen-bond donors (Lipinski definition) is 3. The second kappa shape index (κ2) is 6.08. The van der Waals surface area contributed by atoms with E-state index in [1.807, 2.05) is 24.8 Å². The van der Waals surface area contributed by atoms with E-state index in [2.05, 4.69) is 24.3 Å². The molecular formula is C11H20N4S. The molecule has 0 amide bonds. The van der Waals surface area contributed by atoms with E-state index >= 15 is 0 Å². The fraction of sp³-hybridized carbons (Fsp3) is 0.545. The Morgan fingerprint density at radius 2 is 2.19 bits per heavy atom. The number of hydrazine groups is 1. The molecule has 16 heavy (non-hydrogen) atoms. The van der Waals surface area contributed by atoms with Gasteiger partial charge < -0.3 is 5.73 Å². The second-order valence-electron chi connectivity index (χ2n) is 4.09. The lowest BCUT2D eigenvalue weighted by molar-refractivity contribution is 0.609. The minimum absolute atomic E-state index is 0.0554. The van der Waals surface area contributed by atoms with Gasteiger partial charge in [-0.25, -0.2) is 4.98 Å². The Labute approximate surface area is 101 Å². The van der Waals surface area contributed by atoms with Gasteiger partial charge in [0.2, 0.25) is 0 Å². The molecule has 0 aliphatic rings. The van der Waals surface area contributed by atoms with Crippen LogP contribution < -0.4 is 17.0 Å². The quantitative estimate of drug-likeness (QED) is 0.538. The van der Waals surface area contributed by atoms with Crippen molar-refractivity contribution in [2.24, 2.45) is 5.84 Å². The molecule has 0 radical (unpaired) electrons. The monoisotopic (exact) mass is 240 g/mol. The van der Waals surface area contributed by atoms with E-state index in [9.17, 15) is 0 Å². The molecule has 5 heteroatoms. The van der Waals surface area contributed by atoms with Gasteiger partial charge >= 0.3 is 0 Å². The lowest BCUT2D eigenvalue weighted by Crippen LogP contribution is -2.31. The van der Waals surface area contributed by atoms with Crippen LogP contribution >= 0.6 is 11.8 Å². The summed E-state index contributed by atoms with van der Waals surface area (Å²) in [5.41, 5.74) is 10.7. The molecular weight excluding hydrogens is 220 g/mol. The Kier molecular flexibility index (Phi) is 5.05. The molecule has 0 aromatic carbocycles. The summed E-state index contributed by atoms with van der Waals surface area (Å²) < 4.78 is 0. The van der Waals surface area contributed by atoms with E-state index in [1.165, 1.54) is 0 Å². The fourth-order valence-corrected chi connectivity index (χ4v) is 2.25. The molecule has 0 saturated heterocycles. The van der Waals surface area contributed by atoms with Gasteiger partial charge in [-0.2, -0.15) is 11.8 Å². The molecule has 1 heterocycles. The van der Waals surface area contributed by atoms with Crippen molar-refractivity contribution in [2.45, 2.75) is 32.1 Å². The molecule has 0 spiro atoms. The van der Waals surface area contributed by atoms with Gasteiger partial charge in [-0.3, -0.25) is 11.3 Å². The van der Waals surface area contributed by atoms with E-state index in [0.29, 0.717) is 11.1 Å². The first-order valence-electron chi connectivity index (χ1n) is 5.34. The topological polar surface area (TPSA) is 77.0 Å². The standard InChI is InChI=1S/C11H20N4S/c1-7(2)16-6-10(15-13)9-4-8(3)5-14-11(9)12/h4-5,7,10,15H,6,13H2,1-3H3,(H2,12,14). The Morgan fingerprint density at radius 1 is 1.50 bits per heavy atom. The first kappa shape index (κ1) is 13.3. The number of rotatable bonds is 5. The predicted molar refractivity (Wildman–Crippen MR) is 71.0 cm³/mol. The zero-order chi connectivity index (χ0) is 12.1. The van der Waals surface area contributed by atoms with Gasteiger partial charge in [0, 0.05) is 17.5 Å². The van der Waals surface area contributed by atoms with Crippen molar-refractivity contribution in [3.63, 3.8) is 0 Å². The summed E-state index contributed by atoms with van der Waals surface area (Å²) in [6.45, 7) is 6.32. The van der Waals surface area contributed by atoms with Crippen molar-refractivity contribution in [3.05, 3.63) is 23.4 Å². The molecule has 0 fully saturated rings. The van der Waals surface area contributed by atoms with Crippen LogP contribution in [0.2, 0.25) is 0 Å². The third-order valence-electron chi connectivity index (χ3n) is 2.26. The zero-order valence-corrected chi connectivity index (χ0v) is 10.8. The van der Waals surface area contributed by atoms with Crippen LogP contribution in [-0.2, 0) is 0 Å². The zero-order valence-electron chi connectivity index (χ0n) is 10.0. The average molecular weight is 240 g/mol. The van der Waals surface area contributed by atoms with Gasteiger partial charge in [-0.15, -0.1) is 0 Å². The van der Waals surface area contributed by atoms with E-state index in [1.54, 1.807) is 6.20 Å². The second-order valence-corrected chi connectivity index (χ2v) is 5.70. The smallest absolute Gasteiger partial charge is 0.128 e. The number of pyridine rings is 1. The van der Waals surface area contributed by atoms with E-state index < -0.39 is 0 Å². The number of nitrogens with two attached hydrogens (primary N) is 2. The number of hydrogen-bond acceptors (Lipinski definition) is 5. The summed E-state index contributed by atoms with van der Waals surface area (Å²) in [6, 6.07) is 2.09. The van der Waals surface area contributed by atoms with E-state index in [-0.39, 0.29) is 6.04 Å². The highest BCUT2D eigenvalue weighted by molar-refractivity contribution is 7.99. The highest BCUT2D eigenvalue weighted by atomic mass is 32.2. The summed E-state index contributed by atoms with van der Waals surface area (Å²) in [4.78, 5) is 4.15. The molecule has 1 atom stereocenters. The number of nitrogens with zero attached hydrogens (tertiary/aromatic N) is 1. The first-order chi connectivity index (χ1) is 7.54. The van der Waals surface area contributed by atoms with Crippen LogP contribution in [0.3, 0.4) is 0 Å². The summed E-state index contributed by atoms with van der Waals surface area (Å²) >= 11 is 1.85. The van der Waals surface area contributed by atoms with Gasteiger partial charge in [-0.1, -0.05) is 13.8 Å². The largest absolute Gasteiger partial charge is 0.383 e. The van der Waals surface area contributed by atoms with Gasteiger partial charge in [-0.05, 0) is 23.8 Å². The van der Waals surface area contributed by atoms with Crippen molar-refractivity contribution in [1.29, 1.82) is 0 Å². The Hall–Kier alpha value is -0.780. The van der Waals surface area contributed by atoms with Crippen LogP contribution in [0.5, 0.6) is 0 Å². The molecule has 0 aliphatic heterocycles. The summed E-state index contributed by atoms with van der Waals surface area (Å²) in [5.74, 6) is 7.01. The Balaban J connectivity index is 2.81. The Bertz CT molecular complexity index is 341. The van der Waals surface area contributed by atoms with Gasteiger partial charge in [0.05, 0.1) is 6.04 Å². The molecule has 0 saturated carbocycles. The number of anilines is 1. The molecule has 1 aromatic rings. The molecule has 0 bridgehead atoms. The SMILES string of the molecule is Cc1cnc(N)c(C(CSC(C)C)NN)c1. The highest BCUT2D eigenvalue weighted by Gasteiger charge is 2.14. The summed E-state index contributed by atoms with van der Waals surface area (Å²) in [6.07, 6.45) is 1.77. The lowest BCUT2D eigenvalue weighted by Gasteiger charge is -2.18. The lowest BCUT2D eigenvalue weighted by atomic mass is 10.1. The minimum atomic E-state index is 0.0554. The van der Waals surface area contributed by atoms with E-state index in [0.717, 1.165) is 16.9 Å². The van der Waals surface area contributed by atoms with Gasteiger partial charge in [0.15, 0.2) is 0 Å². The van der Waals surface area contributed by atoms with Crippen molar-refractivity contribution < 1.29 is 0 Å². The third kappa shape index (κ3) is 3.66.